The van der Waals surface area contributed by atoms with Crippen LogP contribution in [-0.2, 0) is 14.8 Å². The molecule has 7 heteroatoms. The Kier molecular flexibility index (Phi) is 5.06. The van der Waals surface area contributed by atoms with Crippen LogP contribution in [0.5, 0.6) is 0 Å². The van der Waals surface area contributed by atoms with E-state index in [9.17, 15) is 8.42 Å². The minimum absolute atomic E-state index is 0.0175. The number of anilines is 1. The van der Waals surface area contributed by atoms with Crippen molar-refractivity contribution in [3.63, 3.8) is 0 Å². The van der Waals surface area contributed by atoms with Gasteiger partial charge in [-0.3, -0.25) is 0 Å². The minimum atomic E-state index is -3.53. The summed E-state index contributed by atoms with van der Waals surface area (Å²) in [5.74, 6) is 0. The molecular formula is C13H19BrN2O3S. The Morgan fingerprint density at radius 3 is 2.80 bits per heavy atom. The number of nitrogens with two attached hydrogens (primary N) is 1. The van der Waals surface area contributed by atoms with Gasteiger partial charge in [0.25, 0.3) is 0 Å². The summed E-state index contributed by atoms with van der Waals surface area (Å²) in [7, 11) is -1.96. The number of nitrogen functional groups attached to an aromatic ring is 1. The van der Waals surface area contributed by atoms with Gasteiger partial charge < -0.3 is 10.5 Å². The summed E-state index contributed by atoms with van der Waals surface area (Å²) < 4.78 is 32.5. The maximum Gasteiger partial charge on any atom is 0.244 e. The molecule has 1 aromatic carbocycles. The largest absolute Gasteiger partial charge is 0.399 e. The first-order chi connectivity index (χ1) is 9.41. The Bertz CT molecular complexity index is 571. The van der Waals surface area contributed by atoms with E-state index < -0.39 is 10.0 Å². The zero-order valence-electron chi connectivity index (χ0n) is 11.4. The molecule has 1 atom stereocenters. The second-order valence-electron chi connectivity index (χ2n) is 4.96. The summed E-state index contributed by atoms with van der Waals surface area (Å²) in [6.07, 6.45) is 3.03. The third-order valence-corrected chi connectivity index (χ3v) is 6.18. The molecule has 1 aromatic rings. The Balaban J connectivity index is 2.16. The molecule has 0 amide bonds. The minimum Gasteiger partial charge on any atom is -0.399 e. The number of ether oxygens (including phenoxy) is 1. The van der Waals surface area contributed by atoms with E-state index in [1.165, 1.54) is 10.4 Å². The van der Waals surface area contributed by atoms with Gasteiger partial charge in [0.05, 0.1) is 11.0 Å². The first-order valence-electron chi connectivity index (χ1n) is 6.54. The normalized spacial score (nSPS) is 20.2. The Morgan fingerprint density at radius 1 is 1.45 bits per heavy atom. The molecule has 5 nitrogen and oxygen atoms in total. The van der Waals surface area contributed by atoms with Gasteiger partial charge in [-0.15, -0.1) is 0 Å². The summed E-state index contributed by atoms with van der Waals surface area (Å²) in [6, 6.07) is 4.70. The maximum atomic E-state index is 12.5. The van der Waals surface area contributed by atoms with Gasteiger partial charge in [-0.2, -0.15) is 4.31 Å². The van der Waals surface area contributed by atoms with Crippen molar-refractivity contribution in [1.29, 1.82) is 0 Å². The van der Waals surface area contributed by atoms with Gasteiger partial charge in [-0.1, -0.05) is 0 Å². The molecule has 0 bridgehead atoms. The van der Waals surface area contributed by atoms with E-state index in [1.54, 1.807) is 19.2 Å². The fourth-order valence-corrected chi connectivity index (χ4v) is 4.48. The lowest BCUT2D eigenvalue weighted by Crippen LogP contribution is -2.37. The predicted octanol–water partition coefficient (Wildman–Crippen LogP) is 2.22. The highest BCUT2D eigenvalue weighted by Gasteiger charge is 2.26. The second kappa shape index (κ2) is 6.43. The van der Waals surface area contributed by atoms with Crippen LogP contribution in [-0.4, -0.2) is 39.0 Å². The molecule has 1 fully saturated rings. The van der Waals surface area contributed by atoms with Gasteiger partial charge in [0.1, 0.15) is 0 Å². The first-order valence-corrected chi connectivity index (χ1v) is 8.77. The van der Waals surface area contributed by atoms with Crippen molar-refractivity contribution in [3.8, 4) is 0 Å². The molecule has 20 heavy (non-hydrogen) atoms. The monoisotopic (exact) mass is 362 g/mol. The van der Waals surface area contributed by atoms with E-state index in [0.29, 0.717) is 23.3 Å². The summed E-state index contributed by atoms with van der Waals surface area (Å²) in [6.45, 7) is 1.09. The van der Waals surface area contributed by atoms with Gasteiger partial charge >= 0.3 is 0 Å². The van der Waals surface area contributed by atoms with Crippen molar-refractivity contribution in [2.45, 2.75) is 30.3 Å². The number of nitrogens with zero attached hydrogens (tertiary/aromatic N) is 1. The van der Waals surface area contributed by atoms with E-state index >= 15 is 0 Å². The van der Waals surface area contributed by atoms with E-state index in [2.05, 4.69) is 15.9 Å². The molecule has 1 aliphatic rings. The van der Waals surface area contributed by atoms with Crippen LogP contribution in [0, 0.1) is 0 Å². The third-order valence-electron chi connectivity index (χ3n) is 3.38. The quantitative estimate of drug-likeness (QED) is 0.833. The summed E-state index contributed by atoms with van der Waals surface area (Å²) >= 11 is 3.26. The average molecular weight is 363 g/mol. The highest BCUT2D eigenvalue weighted by atomic mass is 79.9. The van der Waals surface area contributed by atoms with E-state index in [0.717, 1.165) is 19.3 Å². The third kappa shape index (κ3) is 3.52. The number of benzene rings is 1. The SMILES string of the molecule is CN(CC1CCCCO1)S(=O)(=O)c1ccc(N)cc1Br. The van der Waals surface area contributed by atoms with Crippen molar-refractivity contribution in [2.24, 2.45) is 0 Å². The van der Waals surface area contributed by atoms with Crippen LogP contribution in [0.1, 0.15) is 19.3 Å². The van der Waals surface area contributed by atoms with E-state index in [-0.39, 0.29) is 11.0 Å². The average Bonchev–Trinajstić information content (AvgIpc) is 2.39. The smallest absolute Gasteiger partial charge is 0.244 e. The lowest BCUT2D eigenvalue weighted by atomic mass is 10.1. The molecule has 1 aliphatic heterocycles. The lowest BCUT2D eigenvalue weighted by Gasteiger charge is -2.27. The van der Waals surface area contributed by atoms with Gasteiger partial charge in [0.2, 0.25) is 10.0 Å². The molecule has 2 N–H and O–H groups in total. The summed E-state index contributed by atoms with van der Waals surface area (Å²) in [5.41, 5.74) is 6.16. The number of sulfonamides is 1. The highest BCUT2D eigenvalue weighted by Crippen LogP contribution is 2.27. The molecule has 112 valence electrons. The lowest BCUT2D eigenvalue weighted by molar-refractivity contribution is 0.00858. The van der Waals surface area contributed by atoms with Crippen molar-refractivity contribution < 1.29 is 13.2 Å². The number of hydrogen-bond acceptors (Lipinski definition) is 4. The number of likely N-dealkylation sites (N-methyl/N-ethyl adjacent to an activating group) is 1. The molecule has 1 heterocycles. The molecule has 2 rings (SSSR count). The second-order valence-corrected chi connectivity index (χ2v) is 7.83. The molecule has 1 saturated heterocycles. The van der Waals surface area contributed by atoms with Crippen molar-refractivity contribution in [2.75, 3.05) is 25.9 Å². The summed E-state index contributed by atoms with van der Waals surface area (Å²) in [5, 5.41) is 0. The highest BCUT2D eigenvalue weighted by molar-refractivity contribution is 9.10. The molecule has 0 aromatic heterocycles. The van der Waals surface area contributed by atoms with Gasteiger partial charge in [-0.25, -0.2) is 8.42 Å². The van der Waals surface area contributed by atoms with Gasteiger partial charge in [0, 0.05) is 30.4 Å². The van der Waals surface area contributed by atoms with Crippen molar-refractivity contribution >= 4 is 31.6 Å². The van der Waals surface area contributed by atoms with Crippen LogP contribution in [0.15, 0.2) is 27.6 Å². The fourth-order valence-electron chi connectivity index (χ4n) is 2.23. The van der Waals surface area contributed by atoms with Crippen LogP contribution in [0.2, 0.25) is 0 Å². The van der Waals surface area contributed by atoms with Crippen molar-refractivity contribution in [3.05, 3.63) is 22.7 Å². The van der Waals surface area contributed by atoms with E-state index in [1.807, 2.05) is 0 Å². The Hall–Kier alpha value is -0.630. The van der Waals surface area contributed by atoms with Gasteiger partial charge in [-0.05, 0) is 53.4 Å². The molecule has 1 unspecified atom stereocenters. The fraction of sp³-hybridized carbons (Fsp3) is 0.538. The molecule has 0 radical (unpaired) electrons. The molecule has 0 saturated carbocycles. The zero-order valence-corrected chi connectivity index (χ0v) is 13.8. The van der Waals surface area contributed by atoms with Crippen LogP contribution in [0.25, 0.3) is 0 Å². The summed E-state index contributed by atoms with van der Waals surface area (Å²) in [4.78, 5) is 0.227. The van der Waals surface area contributed by atoms with Crippen LogP contribution < -0.4 is 5.73 Å². The van der Waals surface area contributed by atoms with Gasteiger partial charge in [0.15, 0.2) is 0 Å². The molecular weight excluding hydrogens is 344 g/mol. The zero-order chi connectivity index (χ0) is 14.8. The van der Waals surface area contributed by atoms with Crippen LogP contribution in [0.3, 0.4) is 0 Å². The van der Waals surface area contributed by atoms with Crippen molar-refractivity contribution in [1.82, 2.24) is 4.31 Å². The topological polar surface area (TPSA) is 72.6 Å². The maximum absolute atomic E-state index is 12.5. The first kappa shape index (κ1) is 15.8. The van der Waals surface area contributed by atoms with E-state index in [4.69, 9.17) is 10.5 Å². The number of hydrogen-bond donors (Lipinski definition) is 1. The van der Waals surface area contributed by atoms with Crippen LogP contribution >= 0.6 is 15.9 Å². The predicted molar refractivity (Wildman–Crippen MR) is 82.0 cm³/mol. The Labute approximate surface area is 128 Å². The standard InChI is InChI=1S/C13H19BrN2O3S/c1-16(9-11-4-2-3-7-19-11)20(17,18)13-6-5-10(15)8-12(13)14/h5-6,8,11H,2-4,7,9,15H2,1H3. The van der Waals surface area contributed by atoms with Crippen LogP contribution in [0.4, 0.5) is 5.69 Å². The molecule has 0 spiro atoms. The number of halogens is 1. The molecule has 0 aliphatic carbocycles. The Morgan fingerprint density at radius 2 is 2.20 bits per heavy atom. The number of rotatable bonds is 4.